The number of likely N-dealkylation sites (tertiary alicyclic amines) is 1. The van der Waals surface area contributed by atoms with E-state index in [1.807, 2.05) is 48.2 Å². The van der Waals surface area contributed by atoms with Crippen LogP contribution in [-0.2, 0) is 9.59 Å². The van der Waals surface area contributed by atoms with Crippen LogP contribution in [0.15, 0.2) is 48.5 Å². The number of rotatable bonds is 7. The van der Waals surface area contributed by atoms with E-state index in [1.54, 1.807) is 12.1 Å². The summed E-state index contributed by atoms with van der Waals surface area (Å²) in [6.07, 6.45) is 1.63. The second-order valence-corrected chi connectivity index (χ2v) is 8.31. The van der Waals surface area contributed by atoms with Crippen LogP contribution >= 0.6 is 23.2 Å². The predicted molar refractivity (Wildman–Crippen MR) is 119 cm³/mol. The van der Waals surface area contributed by atoms with Gasteiger partial charge in [-0.1, -0.05) is 47.5 Å². The highest BCUT2D eigenvalue weighted by molar-refractivity contribution is 6.35. The summed E-state index contributed by atoms with van der Waals surface area (Å²) in [5, 5.41) is 4.13. The predicted octanol–water partition coefficient (Wildman–Crippen LogP) is 4.88. The number of piperidine rings is 1. The molecule has 1 aliphatic heterocycles. The molecule has 2 amide bonds. The molecule has 0 aromatic heterocycles. The third-order valence-corrected chi connectivity index (χ3v) is 5.90. The Kier molecular flexibility index (Phi) is 8.00. The Morgan fingerprint density at radius 3 is 2.50 bits per heavy atom. The van der Waals surface area contributed by atoms with E-state index in [1.165, 1.54) is 0 Å². The Hall–Kier alpha value is -2.24. The van der Waals surface area contributed by atoms with E-state index >= 15 is 0 Å². The summed E-state index contributed by atoms with van der Waals surface area (Å²) in [5.41, 5.74) is 0.834. The molecule has 0 saturated carbocycles. The largest absolute Gasteiger partial charge is 0.493 e. The molecule has 1 N–H and O–H groups in total. The molecule has 0 aliphatic carbocycles. The molecule has 1 heterocycles. The Balaban J connectivity index is 1.41. The fourth-order valence-corrected chi connectivity index (χ4v) is 4.16. The molecule has 7 heteroatoms. The third kappa shape index (κ3) is 6.13. The molecule has 0 bridgehead atoms. The van der Waals surface area contributed by atoms with Crippen LogP contribution < -0.4 is 10.1 Å². The number of nitrogens with one attached hydrogen (secondary N) is 1. The van der Waals surface area contributed by atoms with Crippen molar-refractivity contribution in [2.75, 3.05) is 19.7 Å². The highest BCUT2D eigenvalue weighted by Gasteiger charge is 2.28. The molecule has 1 aliphatic rings. The number of amides is 2. The zero-order valence-electron chi connectivity index (χ0n) is 16.9. The topological polar surface area (TPSA) is 58.6 Å². The maximum absolute atomic E-state index is 12.7. The fourth-order valence-electron chi connectivity index (χ4n) is 3.58. The third-order valence-electron chi connectivity index (χ3n) is 5.33. The quantitative estimate of drug-likeness (QED) is 0.656. The molecule has 2 aromatic rings. The lowest BCUT2D eigenvalue weighted by molar-refractivity contribution is -0.136. The number of hydrogen-bond donors (Lipinski definition) is 1. The van der Waals surface area contributed by atoms with Crippen molar-refractivity contribution in [1.82, 2.24) is 10.2 Å². The lowest BCUT2D eigenvalue weighted by Crippen LogP contribution is -2.43. The van der Waals surface area contributed by atoms with Gasteiger partial charge >= 0.3 is 0 Å². The van der Waals surface area contributed by atoms with E-state index in [4.69, 9.17) is 27.9 Å². The van der Waals surface area contributed by atoms with Crippen molar-refractivity contribution in [3.05, 3.63) is 64.1 Å². The Bertz CT molecular complexity index is 868. The van der Waals surface area contributed by atoms with Crippen molar-refractivity contribution in [2.24, 2.45) is 5.92 Å². The lowest BCUT2D eigenvalue weighted by atomic mass is 9.95. The van der Waals surface area contributed by atoms with Crippen LogP contribution in [-0.4, -0.2) is 36.4 Å². The molecule has 1 fully saturated rings. The van der Waals surface area contributed by atoms with Crippen molar-refractivity contribution in [3.8, 4) is 5.75 Å². The first kappa shape index (κ1) is 22.4. The highest BCUT2D eigenvalue weighted by Crippen LogP contribution is 2.27. The number of hydrogen-bond acceptors (Lipinski definition) is 3. The lowest BCUT2D eigenvalue weighted by Gasteiger charge is -2.32. The molecular weight excluding hydrogens is 423 g/mol. The molecular formula is C23H26Cl2N2O3. The van der Waals surface area contributed by atoms with Crippen LogP contribution in [0, 0.1) is 5.92 Å². The number of para-hydroxylation sites is 1. The first-order valence-corrected chi connectivity index (χ1v) is 10.9. The summed E-state index contributed by atoms with van der Waals surface area (Å²) in [4.78, 5) is 26.9. The van der Waals surface area contributed by atoms with Gasteiger partial charge < -0.3 is 15.0 Å². The molecule has 1 saturated heterocycles. The Morgan fingerprint density at radius 1 is 1.13 bits per heavy atom. The Morgan fingerprint density at radius 2 is 1.83 bits per heavy atom. The summed E-state index contributed by atoms with van der Waals surface area (Å²) >= 11 is 12.2. The van der Waals surface area contributed by atoms with E-state index < -0.39 is 0 Å². The summed E-state index contributed by atoms with van der Waals surface area (Å²) in [6.45, 7) is 3.41. The van der Waals surface area contributed by atoms with Gasteiger partial charge in [-0.25, -0.2) is 0 Å². The SMILES string of the molecule is CC(NC(=O)C1CCN(C(=O)CCOc2ccccc2)CC1)c1ccc(Cl)cc1Cl. The van der Waals surface area contributed by atoms with Crippen LogP contribution in [0.3, 0.4) is 0 Å². The molecule has 1 unspecified atom stereocenters. The number of halogens is 2. The Labute approximate surface area is 187 Å². The zero-order valence-corrected chi connectivity index (χ0v) is 18.5. The average molecular weight is 449 g/mol. The maximum Gasteiger partial charge on any atom is 0.225 e. The van der Waals surface area contributed by atoms with Crippen molar-refractivity contribution in [1.29, 1.82) is 0 Å². The van der Waals surface area contributed by atoms with E-state index in [9.17, 15) is 9.59 Å². The standard InChI is InChI=1S/C23H26Cl2N2O3/c1-16(20-8-7-18(24)15-21(20)25)26-23(29)17-9-12-27(13-10-17)22(28)11-14-30-19-5-3-2-4-6-19/h2-8,15-17H,9-14H2,1H3,(H,26,29). The minimum absolute atomic E-state index is 0.00646. The molecule has 3 rings (SSSR count). The number of ether oxygens (including phenoxy) is 1. The van der Waals surface area contributed by atoms with Gasteiger partial charge in [0.1, 0.15) is 5.75 Å². The van der Waals surface area contributed by atoms with E-state index in [0.29, 0.717) is 49.0 Å². The second-order valence-electron chi connectivity index (χ2n) is 7.46. The number of carbonyl (C=O) groups excluding carboxylic acids is 2. The normalized spacial score (nSPS) is 15.5. The maximum atomic E-state index is 12.7. The van der Waals surface area contributed by atoms with Gasteiger partial charge in [0.25, 0.3) is 0 Å². The van der Waals surface area contributed by atoms with Crippen LogP contribution in [0.25, 0.3) is 0 Å². The molecule has 1 atom stereocenters. The molecule has 0 spiro atoms. The number of nitrogens with zero attached hydrogens (tertiary/aromatic N) is 1. The van der Waals surface area contributed by atoms with Gasteiger partial charge in [-0.2, -0.15) is 0 Å². The van der Waals surface area contributed by atoms with Crippen LogP contribution in [0.5, 0.6) is 5.75 Å². The smallest absolute Gasteiger partial charge is 0.225 e. The summed E-state index contributed by atoms with van der Waals surface area (Å²) in [5.74, 6) is 0.706. The van der Waals surface area contributed by atoms with Crippen LogP contribution in [0.1, 0.15) is 37.8 Å². The summed E-state index contributed by atoms with van der Waals surface area (Å²) < 4.78 is 5.60. The fraction of sp³-hybridized carbons (Fsp3) is 0.391. The van der Waals surface area contributed by atoms with Gasteiger partial charge in [0.15, 0.2) is 0 Å². The van der Waals surface area contributed by atoms with E-state index in [0.717, 1.165) is 11.3 Å². The van der Waals surface area contributed by atoms with E-state index in [-0.39, 0.29) is 23.8 Å². The minimum Gasteiger partial charge on any atom is -0.493 e. The van der Waals surface area contributed by atoms with Crippen LogP contribution in [0.4, 0.5) is 0 Å². The number of benzene rings is 2. The first-order chi connectivity index (χ1) is 14.4. The van der Waals surface area contributed by atoms with Gasteiger partial charge in [-0.05, 0) is 49.6 Å². The zero-order chi connectivity index (χ0) is 21.5. The van der Waals surface area contributed by atoms with Crippen molar-refractivity contribution in [3.63, 3.8) is 0 Å². The van der Waals surface area contributed by atoms with Crippen molar-refractivity contribution in [2.45, 2.75) is 32.2 Å². The molecule has 30 heavy (non-hydrogen) atoms. The minimum atomic E-state index is -0.211. The van der Waals surface area contributed by atoms with Gasteiger partial charge in [0.05, 0.1) is 19.1 Å². The van der Waals surface area contributed by atoms with Gasteiger partial charge in [0, 0.05) is 29.1 Å². The first-order valence-electron chi connectivity index (χ1n) is 10.1. The average Bonchev–Trinajstić information content (AvgIpc) is 2.74. The molecule has 0 radical (unpaired) electrons. The van der Waals surface area contributed by atoms with Crippen LogP contribution in [0.2, 0.25) is 10.0 Å². The van der Waals surface area contributed by atoms with Gasteiger partial charge in [-0.3, -0.25) is 9.59 Å². The molecule has 5 nitrogen and oxygen atoms in total. The van der Waals surface area contributed by atoms with Gasteiger partial charge in [-0.15, -0.1) is 0 Å². The monoisotopic (exact) mass is 448 g/mol. The van der Waals surface area contributed by atoms with Crippen molar-refractivity contribution < 1.29 is 14.3 Å². The summed E-state index contributed by atoms with van der Waals surface area (Å²) in [7, 11) is 0. The molecule has 160 valence electrons. The summed E-state index contributed by atoms with van der Waals surface area (Å²) in [6, 6.07) is 14.5. The second kappa shape index (κ2) is 10.7. The number of carbonyl (C=O) groups is 2. The van der Waals surface area contributed by atoms with E-state index in [2.05, 4.69) is 5.32 Å². The molecule has 2 aromatic carbocycles. The highest BCUT2D eigenvalue weighted by atomic mass is 35.5. The van der Waals surface area contributed by atoms with Gasteiger partial charge in [0.2, 0.25) is 11.8 Å². The van der Waals surface area contributed by atoms with Crippen molar-refractivity contribution >= 4 is 35.0 Å².